The lowest BCUT2D eigenvalue weighted by atomic mass is 10.1. The number of para-hydroxylation sites is 1. The number of nitrogens with zero attached hydrogens (tertiary/aromatic N) is 3. The van der Waals surface area contributed by atoms with Crippen molar-refractivity contribution in [2.75, 3.05) is 26.3 Å². The van der Waals surface area contributed by atoms with Gasteiger partial charge in [-0.1, -0.05) is 42.5 Å². The first-order chi connectivity index (χ1) is 15.1. The molecule has 0 saturated carbocycles. The van der Waals surface area contributed by atoms with Gasteiger partial charge in [-0.3, -0.25) is 19.1 Å². The standard InChI is InChI=1S/C24H27N3O4/c1-18-6-5-9-21-23(18)25-17-27(24(21)29)11-10-22(28)31-16-20-15-26(12-13-30-20)14-19-7-3-2-4-8-19/h2-9,17,20H,10-16H2,1H3. The minimum atomic E-state index is -0.347. The fraction of sp³-hybridized carbons (Fsp3) is 0.375. The van der Waals surface area contributed by atoms with Crippen LogP contribution in [-0.4, -0.2) is 52.8 Å². The molecule has 2 heterocycles. The first kappa shape index (κ1) is 21.2. The molecular formula is C24H27N3O4. The van der Waals surface area contributed by atoms with Crippen molar-refractivity contribution in [3.8, 4) is 0 Å². The van der Waals surface area contributed by atoms with E-state index in [1.54, 1.807) is 6.07 Å². The molecule has 1 aliphatic rings. The molecule has 1 aromatic heterocycles. The highest BCUT2D eigenvalue weighted by molar-refractivity contribution is 5.80. The summed E-state index contributed by atoms with van der Waals surface area (Å²) in [5.74, 6) is -0.347. The van der Waals surface area contributed by atoms with Crippen LogP contribution in [0.2, 0.25) is 0 Å². The molecule has 1 aliphatic heterocycles. The average Bonchev–Trinajstić information content (AvgIpc) is 2.79. The Hall–Kier alpha value is -3.03. The van der Waals surface area contributed by atoms with Gasteiger partial charge in [0.05, 0.1) is 30.3 Å². The number of benzene rings is 2. The van der Waals surface area contributed by atoms with E-state index in [-0.39, 0.29) is 37.2 Å². The molecule has 0 spiro atoms. The Morgan fingerprint density at radius 1 is 1.19 bits per heavy atom. The molecule has 7 heteroatoms. The molecule has 7 nitrogen and oxygen atoms in total. The van der Waals surface area contributed by atoms with E-state index in [2.05, 4.69) is 22.0 Å². The molecule has 0 amide bonds. The summed E-state index contributed by atoms with van der Waals surface area (Å²) in [7, 11) is 0. The van der Waals surface area contributed by atoms with Gasteiger partial charge < -0.3 is 9.47 Å². The first-order valence-corrected chi connectivity index (χ1v) is 10.6. The van der Waals surface area contributed by atoms with Gasteiger partial charge >= 0.3 is 5.97 Å². The maximum Gasteiger partial charge on any atom is 0.307 e. The lowest BCUT2D eigenvalue weighted by Crippen LogP contribution is -2.44. The van der Waals surface area contributed by atoms with Crippen molar-refractivity contribution >= 4 is 16.9 Å². The van der Waals surface area contributed by atoms with Gasteiger partial charge in [0.15, 0.2) is 0 Å². The molecule has 0 N–H and O–H groups in total. The minimum absolute atomic E-state index is 0.110. The monoisotopic (exact) mass is 421 g/mol. The lowest BCUT2D eigenvalue weighted by molar-refractivity contribution is -0.150. The quantitative estimate of drug-likeness (QED) is 0.546. The molecular weight excluding hydrogens is 394 g/mol. The van der Waals surface area contributed by atoms with Crippen molar-refractivity contribution < 1.29 is 14.3 Å². The number of aromatic nitrogens is 2. The second-order valence-corrected chi connectivity index (χ2v) is 7.86. The van der Waals surface area contributed by atoms with Gasteiger partial charge in [-0.2, -0.15) is 0 Å². The fourth-order valence-electron chi connectivity index (χ4n) is 3.83. The van der Waals surface area contributed by atoms with Gasteiger partial charge in [-0.25, -0.2) is 4.98 Å². The van der Waals surface area contributed by atoms with E-state index >= 15 is 0 Å². The van der Waals surface area contributed by atoms with Crippen molar-refractivity contribution in [3.05, 3.63) is 76.3 Å². The van der Waals surface area contributed by atoms with Crippen LogP contribution in [0.15, 0.2) is 59.7 Å². The number of rotatable bonds is 7. The zero-order valence-electron chi connectivity index (χ0n) is 17.7. The number of fused-ring (bicyclic) bond motifs is 1. The average molecular weight is 421 g/mol. The van der Waals surface area contributed by atoms with E-state index in [1.165, 1.54) is 16.5 Å². The summed E-state index contributed by atoms with van der Waals surface area (Å²) in [6, 6.07) is 15.8. The molecule has 1 atom stereocenters. The van der Waals surface area contributed by atoms with Gasteiger partial charge in [0.2, 0.25) is 0 Å². The van der Waals surface area contributed by atoms with Gasteiger partial charge in [-0.05, 0) is 24.1 Å². The zero-order valence-corrected chi connectivity index (χ0v) is 17.7. The molecule has 1 fully saturated rings. The Morgan fingerprint density at radius 2 is 2.03 bits per heavy atom. The summed E-state index contributed by atoms with van der Waals surface area (Å²) in [6.45, 7) is 5.42. The minimum Gasteiger partial charge on any atom is -0.463 e. The Kier molecular flexibility index (Phi) is 6.74. The van der Waals surface area contributed by atoms with Gasteiger partial charge in [0.1, 0.15) is 12.7 Å². The Bertz CT molecular complexity index is 1100. The van der Waals surface area contributed by atoms with E-state index in [1.807, 2.05) is 37.3 Å². The van der Waals surface area contributed by atoms with E-state index in [9.17, 15) is 9.59 Å². The zero-order chi connectivity index (χ0) is 21.6. The molecule has 0 bridgehead atoms. The summed E-state index contributed by atoms with van der Waals surface area (Å²) >= 11 is 0. The number of hydrogen-bond acceptors (Lipinski definition) is 6. The Labute approximate surface area is 181 Å². The molecule has 31 heavy (non-hydrogen) atoms. The summed E-state index contributed by atoms with van der Waals surface area (Å²) in [5, 5.41) is 0.560. The van der Waals surface area contributed by atoms with Crippen molar-refractivity contribution in [3.63, 3.8) is 0 Å². The lowest BCUT2D eigenvalue weighted by Gasteiger charge is -2.32. The smallest absolute Gasteiger partial charge is 0.307 e. The van der Waals surface area contributed by atoms with Crippen LogP contribution in [0.5, 0.6) is 0 Å². The predicted octanol–water partition coefficient (Wildman–Crippen LogP) is 2.54. The van der Waals surface area contributed by atoms with E-state index < -0.39 is 0 Å². The summed E-state index contributed by atoms with van der Waals surface area (Å²) in [4.78, 5) is 31.5. The summed E-state index contributed by atoms with van der Waals surface area (Å²) in [6.07, 6.45) is 1.46. The fourth-order valence-corrected chi connectivity index (χ4v) is 3.83. The molecule has 162 valence electrons. The number of hydrogen-bond donors (Lipinski definition) is 0. The van der Waals surface area contributed by atoms with Gasteiger partial charge in [0.25, 0.3) is 5.56 Å². The van der Waals surface area contributed by atoms with Gasteiger partial charge in [-0.15, -0.1) is 0 Å². The molecule has 1 unspecified atom stereocenters. The molecule has 2 aromatic carbocycles. The van der Waals surface area contributed by atoms with Crippen LogP contribution >= 0.6 is 0 Å². The molecule has 0 radical (unpaired) electrons. The second-order valence-electron chi connectivity index (χ2n) is 7.86. The van der Waals surface area contributed by atoms with E-state index in [0.29, 0.717) is 17.5 Å². The number of carbonyl (C=O) groups is 1. The number of morpholine rings is 1. The van der Waals surface area contributed by atoms with Gasteiger partial charge in [0, 0.05) is 26.2 Å². The van der Waals surface area contributed by atoms with Crippen LogP contribution in [0.1, 0.15) is 17.5 Å². The number of ether oxygens (including phenoxy) is 2. The third-order valence-electron chi connectivity index (χ3n) is 5.51. The van der Waals surface area contributed by atoms with E-state index in [0.717, 1.165) is 25.2 Å². The maximum absolute atomic E-state index is 12.6. The second kappa shape index (κ2) is 9.85. The van der Waals surface area contributed by atoms with Crippen molar-refractivity contribution in [1.29, 1.82) is 0 Å². The van der Waals surface area contributed by atoms with Crippen LogP contribution in [0, 0.1) is 6.92 Å². The molecule has 0 aliphatic carbocycles. The Balaban J connectivity index is 1.26. The summed E-state index contributed by atoms with van der Waals surface area (Å²) < 4.78 is 12.6. The first-order valence-electron chi connectivity index (χ1n) is 10.6. The van der Waals surface area contributed by atoms with Crippen molar-refractivity contribution in [2.24, 2.45) is 0 Å². The van der Waals surface area contributed by atoms with Crippen LogP contribution in [0.25, 0.3) is 10.9 Å². The highest BCUT2D eigenvalue weighted by atomic mass is 16.6. The third-order valence-corrected chi connectivity index (χ3v) is 5.51. The van der Waals surface area contributed by atoms with Crippen LogP contribution in [0.4, 0.5) is 0 Å². The van der Waals surface area contributed by atoms with E-state index in [4.69, 9.17) is 9.47 Å². The third kappa shape index (κ3) is 5.37. The molecule has 1 saturated heterocycles. The maximum atomic E-state index is 12.6. The number of esters is 1. The molecule has 4 rings (SSSR count). The predicted molar refractivity (Wildman–Crippen MR) is 118 cm³/mol. The number of aryl methyl sites for hydroxylation is 2. The Morgan fingerprint density at radius 3 is 2.87 bits per heavy atom. The van der Waals surface area contributed by atoms with Crippen molar-refractivity contribution in [2.45, 2.75) is 32.5 Å². The van der Waals surface area contributed by atoms with Crippen molar-refractivity contribution in [1.82, 2.24) is 14.5 Å². The van der Waals surface area contributed by atoms with Crippen LogP contribution in [-0.2, 0) is 27.4 Å². The normalized spacial score (nSPS) is 17.0. The topological polar surface area (TPSA) is 73.7 Å². The van der Waals surface area contributed by atoms with Crippen LogP contribution in [0.3, 0.4) is 0 Å². The summed E-state index contributed by atoms with van der Waals surface area (Å²) in [5.41, 5.74) is 2.76. The SMILES string of the molecule is Cc1cccc2c(=O)n(CCC(=O)OCC3CN(Cc4ccccc4)CCO3)cnc12. The number of carbonyl (C=O) groups excluding carboxylic acids is 1. The molecule has 3 aromatic rings. The van der Waals surface area contributed by atoms with Crippen LogP contribution < -0.4 is 5.56 Å². The highest BCUT2D eigenvalue weighted by Gasteiger charge is 2.22. The largest absolute Gasteiger partial charge is 0.463 e. The highest BCUT2D eigenvalue weighted by Crippen LogP contribution is 2.12.